The van der Waals surface area contributed by atoms with Gasteiger partial charge in [0, 0.05) is 0 Å². The van der Waals surface area contributed by atoms with Crippen LogP contribution in [0, 0.1) is 0 Å². The molecule has 0 spiro atoms. The Labute approximate surface area is 151 Å². The molecule has 1 N–H and O–H groups in total. The number of esters is 1. The van der Waals surface area contributed by atoms with Gasteiger partial charge in [0.05, 0.1) is 30.8 Å². The molecule has 0 aliphatic carbocycles. The number of anilines is 1. The van der Waals surface area contributed by atoms with E-state index in [2.05, 4.69) is 10.1 Å². The van der Waals surface area contributed by atoms with Gasteiger partial charge in [-0.2, -0.15) is 0 Å². The zero-order valence-corrected chi connectivity index (χ0v) is 14.5. The lowest BCUT2D eigenvalue weighted by Gasteiger charge is -2.16. The predicted molar refractivity (Wildman–Crippen MR) is 96.8 cm³/mol. The first kappa shape index (κ1) is 17.8. The number of hydrogen-bond acceptors (Lipinski definition) is 5. The lowest BCUT2D eigenvalue weighted by molar-refractivity contribution is -0.121. The standard InChI is InChI=1S/C20H20N2O4/c1-26-20(25)15-7-9-16(10-8-15)22-18(23)13-17(19(22)24)21-12-11-14-5-3-2-4-6-14/h2-10,17,21H,11-13H2,1H3. The molecule has 0 radical (unpaired) electrons. The summed E-state index contributed by atoms with van der Waals surface area (Å²) in [5.41, 5.74) is 2.00. The number of methoxy groups -OCH3 is 1. The first-order valence-electron chi connectivity index (χ1n) is 8.42. The van der Waals surface area contributed by atoms with E-state index in [4.69, 9.17) is 0 Å². The number of ether oxygens (including phenoxy) is 1. The second-order valence-electron chi connectivity index (χ2n) is 6.05. The Morgan fingerprint density at radius 2 is 1.81 bits per heavy atom. The molecule has 3 rings (SSSR count). The van der Waals surface area contributed by atoms with Crippen molar-refractivity contribution >= 4 is 23.5 Å². The van der Waals surface area contributed by atoms with Crippen molar-refractivity contribution in [2.24, 2.45) is 0 Å². The fourth-order valence-electron chi connectivity index (χ4n) is 2.96. The summed E-state index contributed by atoms with van der Waals surface area (Å²) in [7, 11) is 1.30. The summed E-state index contributed by atoms with van der Waals surface area (Å²) in [6, 6.07) is 15.7. The fourth-order valence-corrected chi connectivity index (χ4v) is 2.96. The molecule has 1 unspecified atom stereocenters. The van der Waals surface area contributed by atoms with E-state index >= 15 is 0 Å². The highest BCUT2D eigenvalue weighted by molar-refractivity contribution is 6.22. The van der Waals surface area contributed by atoms with Crippen LogP contribution in [0.3, 0.4) is 0 Å². The molecule has 2 aromatic carbocycles. The second kappa shape index (κ2) is 7.93. The molecular formula is C20H20N2O4. The summed E-state index contributed by atoms with van der Waals surface area (Å²) in [4.78, 5) is 37.5. The van der Waals surface area contributed by atoms with E-state index in [1.165, 1.54) is 29.7 Å². The normalized spacial score (nSPS) is 16.8. The highest BCUT2D eigenvalue weighted by Crippen LogP contribution is 2.23. The first-order valence-corrected chi connectivity index (χ1v) is 8.42. The number of hydrogen-bond donors (Lipinski definition) is 1. The molecule has 1 fully saturated rings. The Balaban J connectivity index is 1.62. The van der Waals surface area contributed by atoms with Crippen LogP contribution in [-0.4, -0.2) is 37.5 Å². The topological polar surface area (TPSA) is 75.7 Å². The van der Waals surface area contributed by atoms with E-state index in [9.17, 15) is 14.4 Å². The van der Waals surface area contributed by atoms with Crippen LogP contribution in [-0.2, 0) is 20.7 Å². The van der Waals surface area contributed by atoms with Crippen LogP contribution in [0.1, 0.15) is 22.3 Å². The molecule has 1 heterocycles. The van der Waals surface area contributed by atoms with Gasteiger partial charge in [0.25, 0.3) is 5.91 Å². The maximum Gasteiger partial charge on any atom is 0.337 e. The van der Waals surface area contributed by atoms with E-state index in [1.54, 1.807) is 12.1 Å². The molecule has 1 aliphatic heterocycles. The van der Waals surface area contributed by atoms with E-state index in [-0.39, 0.29) is 18.2 Å². The van der Waals surface area contributed by atoms with Crippen molar-refractivity contribution in [1.82, 2.24) is 5.32 Å². The van der Waals surface area contributed by atoms with Gasteiger partial charge < -0.3 is 10.1 Å². The summed E-state index contributed by atoms with van der Waals surface area (Å²) in [5.74, 6) is -0.983. The molecule has 26 heavy (non-hydrogen) atoms. The lowest BCUT2D eigenvalue weighted by Crippen LogP contribution is -2.39. The second-order valence-corrected chi connectivity index (χ2v) is 6.05. The molecular weight excluding hydrogens is 332 g/mol. The summed E-state index contributed by atoms with van der Waals surface area (Å²) < 4.78 is 4.65. The smallest absolute Gasteiger partial charge is 0.337 e. The number of nitrogens with one attached hydrogen (secondary N) is 1. The van der Waals surface area contributed by atoms with Gasteiger partial charge in [-0.1, -0.05) is 30.3 Å². The molecule has 1 saturated heterocycles. The van der Waals surface area contributed by atoms with Crippen LogP contribution in [0.4, 0.5) is 5.69 Å². The van der Waals surface area contributed by atoms with Crippen molar-refractivity contribution in [3.63, 3.8) is 0 Å². The molecule has 1 atom stereocenters. The third-order valence-corrected chi connectivity index (χ3v) is 4.34. The van der Waals surface area contributed by atoms with Gasteiger partial charge in [0.15, 0.2) is 0 Å². The van der Waals surface area contributed by atoms with Crippen LogP contribution >= 0.6 is 0 Å². The molecule has 6 nitrogen and oxygen atoms in total. The van der Waals surface area contributed by atoms with Gasteiger partial charge in [0.1, 0.15) is 0 Å². The van der Waals surface area contributed by atoms with Gasteiger partial charge in [0.2, 0.25) is 5.91 Å². The Hall–Kier alpha value is -2.99. The summed E-state index contributed by atoms with van der Waals surface area (Å²) in [6.45, 7) is 0.614. The molecule has 0 aromatic heterocycles. The minimum Gasteiger partial charge on any atom is -0.465 e. The van der Waals surface area contributed by atoms with Crippen molar-refractivity contribution in [2.45, 2.75) is 18.9 Å². The average molecular weight is 352 g/mol. The van der Waals surface area contributed by atoms with Crippen LogP contribution in [0.5, 0.6) is 0 Å². The van der Waals surface area contributed by atoms with Crippen molar-refractivity contribution in [2.75, 3.05) is 18.6 Å². The molecule has 1 aliphatic rings. The SMILES string of the molecule is COC(=O)c1ccc(N2C(=O)CC(NCCc3ccccc3)C2=O)cc1. The van der Waals surface area contributed by atoms with Gasteiger partial charge >= 0.3 is 5.97 Å². The summed E-state index contributed by atoms with van der Waals surface area (Å²) in [5, 5.41) is 3.16. The van der Waals surface area contributed by atoms with Crippen LogP contribution in [0.15, 0.2) is 54.6 Å². The Morgan fingerprint density at radius 1 is 1.12 bits per heavy atom. The van der Waals surface area contributed by atoms with Crippen molar-refractivity contribution in [3.05, 3.63) is 65.7 Å². The van der Waals surface area contributed by atoms with Crippen LogP contribution in [0.25, 0.3) is 0 Å². The highest BCUT2D eigenvalue weighted by Gasteiger charge is 2.39. The predicted octanol–water partition coefficient (Wildman–Crippen LogP) is 1.94. The number of amides is 2. The van der Waals surface area contributed by atoms with Crippen molar-refractivity contribution in [3.8, 4) is 0 Å². The number of rotatable bonds is 6. The third-order valence-electron chi connectivity index (χ3n) is 4.34. The van der Waals surface area contributed by atoms with Crippen LogP contribution in [0.2, 0.25) is 0 Å². The number of imide groups is 1. The fraction of sp³-hybridized carbons (Fsp3) is 0.250. The molecule has 6 heteroatoms. The lowest BCUT2D eigenvalue weighted by atomic mass is 10.1. The molecule has 0 saturated carbocycles. The molecule has 2 amide bonds. The monoisotopic (exact) mass is 352 g/mol. The Kier molecular flexibility index (Phi) is 5.43. The first-order chi connectivity index (χ1) is 12.6. The van der Waals surface area contributed by atoms with Gasteiger partial charge in [-0.25, -0.2) is 9.69 Å². The highest BCUT2D eigenvalue weighted by atomic mass is 16.5. The minimum absolute atomic E-state index is 0.131. The zero-order valence-electron chi connectivity index (χ0n) is 14.5. The number of nitrogens with zero attached hydrogens (tertiary/aromatic N) is 1. The van der Waals surface area contributed by atoms with Gasteiger partial charge in [-0.15, -0.1) is 0 Å². The van der Waals surface area contributed by atoms with E-state index in [0.717, 1.165) is 6.42 Å². The molecule has 0 bridgehead atoms. The summed E-state index contributed by atoms with van der Waals surface area (Å²) in [6.07, 6.45) is 0.916. The number of benzene rings is 2. The van der Waals surface area contributed by atoms with Crippen LogP contribution < -0.4 is 10.2 Å². The van der Waals surface area contributed by atoms with E-state index < -0.39 is 12.0 Å². The zero-order chi connectivity index (χ0) is 18.5. The van der Waals surface area contributed by atoms with Crippen molar-refractivity contribution in [1.29, 1.82) is 0 Å². The van der Waals surface area contributed by atoms with E-state index in [1.807, 2.05) is 30.3 Å². The van der Waals surface area contributed by atoms with E-state index in [0.29, 0.717) is 17.8 Å². The minimum atomic E-state index is -0.522. The van der Waals surface area contributed by atoms with Crippen molar-refractivity contribution < 1.29 is 19.1 Å². The Morgan fingerprint density at radius 3 is 2.46 bits per heavy atom. The van der Waals surface area contributed by atoms with Gasteiger partial charge in [-0.3, -0.25) is 9.59 Å². The molecule has 2 aromatic rings. The number of carbonyl (C=O) groups is 3. The maximum absolute atomic E-state index is 12.6. The summed E-state index contributed by atoms with van der Waals surface area (Å²) >= 11 is 0. The maximum atomic E-state index is 12.6. The Bertz CT molecular complexity index is 802. The largest absolute Gasteiger partial charge is 0.465 e. The van der Waals surface area contributed by atoms with Gasteiger partial charge in [-0.05, 0) is 42.8 Å². The number of carbonyl (C=O) groups excluding carboxylic acids is 3. The quantitative estimate of drug-likeness (QED) is 0.635. The third kappa shape index (κ3) is 3.81. The average Bonchev–Trinajstić information content (AvgIpc) is 2.95. The molecule has 134 valence electrons.